The number of hydrogen-bond acceptors (Lipinski definition) is 3. The van der Waals surface area contributed by atoms with E-state index in [2.05, 4.69) is 6.07 Å². The number of fused-ring (bicyclic) bond motifs is 1. The van der Waals surface area contributed by atoms with E-state index >= 15 is 0 Å². The number of para-hydroxylation sites is 1. The van der Waals surface area contributed by atoms with Gasteiger partial charge in [0.15, 0.2) is 11.5 Å². The van der Waals surface area contributed by atoms with Crippen LogP contribution in [0.1, 0.15) is 25.3 Å². The molecule has 0 bridgehead atoms. The van der Waals surface area contributed by atoms with Gasteiger partial charge in [-0.3, -0.25) is 0 Å². The Morgan fingerprint density at radius 2 is 2.31 bits per heavy atom. The number of ether oxygens (including phenoxy) is 2. The van der Waals surface area contributed by atoms with Gasteiger partial charge in [-0.15, -0.1) is 0 Å². The van der Waals surface area contributed by atoms with Crippen LogP contribution in [0.3, 0.4) is 0 Å². The molecule has 0 aromatic heterocycles. The van der Waals surface area contributed by atoms with Gasteiger partial charge in [0.2, 0.25) is 0 Å². The van der Waals surface area contributed by atoms with Crippen LogP contribution in [0.5, 0.6) is 11.5 Å². The van der Waals surface area contributed by atoms with Crippen molar-refractivity contribution in [2.24, 2.45) is 0 Å². The summed E-state index contributed by atoms with van der Waals surface area (Å²) in [6.45, 7) is 1.97. The number of methoxy groups -OCH3 is 1. The second-order valence-electron chi connectivity index (χ2n) is 4.51. The molecule has 16 heavy (non-hydrogen) atoms. The normalized spacial score (nSPS) is 24.2. The van der Waals surface area contributed by atoms with Crippen molar-refractivity contribution in [1.82, 2.24) is 0 Å². The summed E-state index contributed by atoms with van der Waals surface area (Å²) in [5, 5.41) is 9.40. The summed E-state index contributed by atoms with van der Waals surface area (Å²) in [5.74, 6) is 1.54. The van der Waals surface area contributed by atoms with E-state index in [0.29, 0.717) is 0 Å². The lowest BCUT2D eigenvalue weighted by Crippen LogP contribution is -2.35. The molecule has 0 saturated carbocycles. The third kappa shape index (κ3) is 2.00. The molecular weight excluding hydrogens is 204 g/mol. The van der Waals surface area contributed by atoms with E-state index in [0.717, 1.165) is 36.3 Å². The van der Waals surface area contributed by atoms with Gasteiger partial charge in [0.25, 0.3) is 0 Å². The van der Waals surface area contributed by atoms with E-state index in [1.54, 1.807) is 7.11 Å². The highest BCUT2D eigenvalue weighted by Gasteiger charge is 2.30. The van der Waals surface area contributed by atoms with E-state index in [1.165, 1.54) is 0 Å². The first kappa shape index (κ1) is 11.3. The molecule has 0 fully saturated rings. The Morgan fingerprint density at radius 3 is 3.00 bits per heavy atom. The first-order chi connectivity index (χ1) is 7.68. The standard InChI is InChI=1S/C13H18O3/c1-13(9-14)8-4-6-10-5-3-7-11(15-2)12(10)16-13/h3,5,7,14H,4,6,8-9H2,1-2H3. The molecule has 2 rings (SSSR count). The maximum atomic E-state index is 9.40. The minimum Gasteiger partial charge on any atom is -0.493 e. The maximum Gasteiger partial charge on any atom is 0.165 e. The summed E-state index contributed by atoms with van der Waals surface area (Å²) in [6.07, 6.45) is 2.86. The minimum atomic E-state index is -0.486. The molecule has 1 unspecified atom stereocenters. The molecule has 3 nitrogen and oxygen atoms in total. The van der Waals surface area contributed by atoms with Crippen LogP contribution >= 0.6 is 0 Å². The highest BCUT2D eigenvalue weighted by Crippen LogP contribution is 2.38. The summed E-state index contributed by atoms with van der Waals surface area (Å²) in [6, 6.07) is 5.92. The van der Waals surface area contributed by atoms with Crippen molar-refractivity contribution in [3.8, 4) is 11.5 Å². The Balaban J connectivity index is 2.41. The van der Waals surface area contributed by atoms with Crippen molar-refractivity contribution in [3.63, 3.8) is 0 Å². The molecule has 88 valence electrons. The number of rotatable bonds is 2. The Bertz CT molecular complexity index is 375. The number of aliphatic hydroxyl groups excluding tert-OH is 1. The van der Waals surface area contributed by atoms with Crippen LogP contribution in [0.15, 0.2) is 18.2 Å². The van der Waals surface area contributed by atoms with Gasteiger partial charge in [-0.25, -0.2) is 0 Å². The van der Waals surface area contributed by atoms with Crippen molar-refractivity contribution >= 4 is 0 Å². The van der Waals surface area contributed by atoms with E-state index in [1.807, 2.05) is 19.1 Å². The summed E-state index contributed by atoms with van der Waals surface area (Å²) in [5.41, 5.74) is 0.677. The van der Waals surface area contributed by atoms with Gasteiger partial charge in [-0.05, 0) is 37.8 Å². The average molecular weight is 222 g/mol. The third-order valence-corrected chi connectivity index (χ3v) is 3.12. The van der Waals surface area contributed by atoms with E-state index < -0.39 is 5.60 Å². The summed E-state index contributed by atoms with van der Waals surface area (Å²) >= 11 is 0. The SMILES string of the molecule is COc1cccc2c1OC(C)(CO)CCC2. The van der Waals surface area contributed by atoms with Gasteiger partial charge in [-0.2, -0.15) is 0 Å². The summed E-state index contributed by atoms with van der Waals surface area (Å²) in [4.78, 5) is 0. The lowest BCUT2D eigenvalue weighted by molar-refractivity contribution is 0.0186. The second kappa shape index (κ2) is 4.34. The van der Waals surface area contributed by atoms with Crippen LogP contribution in [0.4, 0.5) is 0 Å². The maximum absolute atomic E-state index is 9.40. The van der Waals surface area contributed by atoms with Crippen LogP contribution in [0.25, 0.3) is 0 Å². The second-order valence-corrected chi connectivity index (χ2v) is 4.51. The first-order valence-electron chi connectivity index (χ1n) is 5.64. The molecule has 0 saturated heterocycles. The zero-order valence-electron chi connectivity index (χ0n) is 9.82. The lowest BCUT2D eigenvalue weighted by Gasteiger charge is -2.27. The molecule has 0 aliphatic carbocycles. The van der Waals surface area contributed by atoms with Gasteiger partial charge < -0.3 is 14.6 Å². The van der Waals surface area contributed by atoms with Gasteiger partial charge in [0.05, 0.1) is 13.7 Å². The van der Waals surface area contributed by atoms with E-state index in [9.17, 15) is 5.11 Å². The van der Waals surface area contributed by atoms with Gasteiger partial charge >= 0.3 is 0 Å². The van der Waals surface area contributed by atoms with Crippen LogP contribution in [-0.4, -0.2) is 24.4 Å². The molecule has 3 heteroatoms. The average Bonchev–Trinajstić information content (AvgIpc) is 2.47. The van der Waals surface area contributed by atoms with Crippen molar-refractivity contribution in [1.29, 1.82) is 0 Å². The van der Waals surface area contributed by atoms with Gasteiger partial charge in [0, 0.05) is 0 Å². The minimum absolute atomic E-state index is 0.0322. The van der Waals surface area contributed by atoms with Crippen molar-refractivity contribution < 1.29 is 14.6 Å². The molecule has 1 N–H and O–H groups in total. The Morgan fingerprint density at radius 1 is 1.50 bits per heavy atom. The highest BCUT2D eigenvalue weighted by atomic mass is 16.5. The van der Waals surface area contributed by atoms with Crippen LogP contribution < -0.4 is 9.47 Å². The van der Waals surface area contributed by atoms with E-state index in [4.69, 9.17) is 9.47 Å². The fourth-order valence-corrected chi connectivity index (χ4v) is 2.10. The largest absolute Gasteiger partial charge is 0.493 e. The number of hydrogen-bond donors (Lipinski definition) is 1. The fourth-order valence-electron chi connectivity index (χ4n) is 2.10. The Kier molecular flexibility index (Phi) is 3.06. The number of aryl methyl sites for hydroxylation is 1. The summed E-state index contributed by atoms with van der Waals surface area (Å²) < 4.78 is 11.2. The van der Waals surface area contributed by atoms with E-state index in [-0.39, 0.29) is 6.61 Å². The van der Waals surface area contributed by atoms with Crippen LogP contribution in [0, 0.1) is 0 Å². The molecule has 1 aromatic carbocycles. The third-order valence-electron chi connectivity index (χ3n) is 3.12. The van der Waals surface area contributed by atoms with Gasteiger partial charge in [-0.1, -0.05) is 12.1 Å². The molecule has 1 atom stereocenters. The van der Waals surface area contributed by atoms with Crippen LogP contribution in [-0.2, 0) is 6.42 Å². The zero-order chi connectivity index (χ0) is 11.6. The molecule has 0 spiro atoms. The topological polar surface area (TPSA) is 38.7 Å². The Hall–Kier alpha value is -1.22. The lowest BCUT2D eigenvalue weighted by atomic mass is 10.00. The predicted molar refractivity (Wildman–Crippen MR) is 62.1 cm³/mol. The fraction of sp³-hybridized carbons (Fsp3) is 0.538. The smallest absolute Gasteiger partial charge is 0.165 e. The quantitative estimate of drug-likeness (QED) is 0.833. The highest BCUT2D eigenvalue weighted by molar-refractivity contribution is 5.47. The first-order valence-corrected chi connectivity index (χ1v) is 5.64. The molecule has 1 heterocycles. The van der Waals surface area contributed by atoms with Crippen LogP contribution in [0.2, 0.25) is 0 Å². The number of benzene rings is 1. The molecule has 1 aromatic rings. The zero-order valence-corrected chi connectivity index (χ0v) is 9.82. The van der Waals surface area contributed by atoms with Crippen molar-refractivity contribution in [2.75, 3.05) is 13.7 Å². The van der Waals surface area contributed by atoms with Crippen molar-refractivity contribution in [2.45, 2.75) is 31.8 Å². The molecular formula is C13H18O3. The molecule has 0 amide bonds. The molecule has 1 aliphatic rings. The van der Waals surface area contributed by atoms with Gasteiger partial charge in [0.1, 0.15) is 5.60 Å². The Labute approximate surface area is 96.0 Å². The predicted octanol–water partition coefficient (Wildman–Crippen LogP) is 2.16. The summed E-state index contributed by atoms with van der Waals surface area (Å²) in [7, 11) is 1.64. The molecule has 0 radical (unpaired) electrons. The van der Waals surface area contributed by atoms with Crippen molar-refractivity contribution in [3.05, 3.63) is 23.8 Å². The molecule has 1 aliphatic heterocycles. The monoisotopic (exact) mass is 222 g/mol. The number of aliphatic hydroxyl groups is 1.